The van der Waals surface area contributed by atoms with Crippen LogP contribution in [0.4, 0.5) is 4.79 Å². The summed E-state index contributed by atoms with van der Waals surface area (Å²) < 4.78 is 1.14. The summed E-state index contributed by atoms with van der Waals surface area (Å²) in [6.07, 6.45) is 8.36. The molecule has 0 saturated carbocycles. The van der Waals surface area contributed by atoms with E-state index >= 15 is 0 Å². The lowest BCUT2D eigenvalue weighted by Gasteiger charge is -2.18. The van der Waals surface area contributed by atoms with Gasteiger partial charge in [-0.1, -0.05) is 12.1 Å². The van der Waals surface area contributed by atoms with Gasteiger partial charge >= 0.3 is 6.03 Å². The maximum atomic E-state index is 12.1. The number of carbonyl (C=O) groups is 1. The predicted octanol–water partition coefficient (Wildman–Crippen LogP) is 0.929. The highest BCUT2D eigenvalue weighted by molar-refractivity contribution is 7.07. The normalized spacial score (nSPS) is 13.1. The van der Waals surface area contributed by atoms with Crippen LogP contribution < -0.4 is 15.1 Å². The van der Waals surface area contributed by atoms with E-state index < -0.39 is 0 Å². The quantitative estimate of drug-likeness (QED) is 0.912. The number of fused-ring (bicyclic) bond motifs is 1. The maximum Gasteiger partial charge on any atom is 0.321 e. The monoisotopic (exact) mass is 285 g/mol. The summed E-state index contributed by atoms with van der Waals surface area (Å²) in [7, 11) is 0. The molecule has 1 aliphatic rings. The Labute approximate surface area is 121 Å². The molecule has 3 heterocycles. The van der Waals surface area contributed by atoms with Crippen LogP contribution in [0.3, 0.4) is 0 Å². The fourth-order valence-corrected chi connectivity index (χ4v) is 2.94. The first-order valence-electron chi connectivity index (χ1n) is 6.52. The molecule has 2 aromatic heterocycles. The van der Waals surface area contributed by atoms with Crippen LogP contribution in [0, 0.1) is 0 Å². The Balaban J connectivity index is 1.56. The molecule has 3 rings (SSSR count). The van der Waals surface area contributed by atoms with Gasteiger partial charge in [0.2, 0.25) is 0 Å². The SMILES string of the molecule is O=C(NCCc1cccnc1)N1C=c2sccc2=CC1. The third-order valence-electron chi connectivity index (χ3n) is 3.18. The van der Waals surface area contributed by atoms with Crippen LogP contribution in [0.5, 0.6) is 0 Å². The lowest BCUT2D eigenvalue weighted by molar-refractivity contribution is 0.223. The van der Waals surface area contributed by atoms with Crippen LogP contribution in [-0.2, 0) is 6.42 Å². The van der Waals surface area contributed by atoms with E-state index in [-0.39, 0.29) is 6.03 Å². The summed E-state index contributed by atoms with van der Waals surface area (Å²) in [4.78, 5) is 17.8. The zero-order valence-corrected chi connectivity index (χ0v) is 11.8. The fourth-order valence-electron chi connectivity index (χ4n) is 2.10. The average Bonchev–Trinajstić information content (AvgIpc) is 2.95. The summed E-state index contributed by atoms with van der Waals surface area (Å²) in [6.45, 7) is 1.24. The minimum atomic E-state index is -0.0517. The van der Waals surface area contributed by atoms with Gasteiger partial charge in [-0.15, -0.1) is 11.3 Å². The molecule has 0 spiro atoms. The van der Waals surface area contributed by atoms with E-state index in [2.05, 4.69) is 22.4 Å². The van der Waals surface area contributed by atoms with E-state index in [0.717, 1.165) is 16.5 Å². The summed E-state index contributed by atoms with van der Waals surface area (Å²) in [5.41, 5.74) is 1.13. The van der Waals surface area contributed by atoms with E-state index in [0.29, 0.717) is 13.1 Å². The Morgan fingerprint density at radius 1 is 1.45 bits per heavy atom. The van der Waals surface area contributed by atoms with Crippen molar-refractivity contribution in [3.05, 3.63) is 51.3 Å². The van der Waals surface area contributed by atoms with Gasteiger partial charge in [-0.2, -0.15) is 0 Å². The van der Waals surface area contributed by atoms with Crippen molar-refractivity contribution in [3.8, 4) is 0 Å². The summed E-state index contributed by atoms with van der Waals surface area (Å²) in [5, 5.41) is 6.20. The molecule has 1 aliphatic heterocycles. The lowest BCUT2D eigenvalue weighted by atomic mass is 10.2. The van der Waals surface area contributed by atoms with Crippen molar-refractivity contribution in [3.63, 3.8) is 0 Å². The Bertz CT molecular complexity index is 708. The second-order valence-corrected chi connectivity index (χ2v) is 5.52. The van der Waals surface area contributed by atoms with Gasteiger partial charge in [0.25, 0.3) is 0 Å². The van der Waals surface area contributed by atoms with Gasteiger partial charge in [0.05, 0.1) is 4.53 Å². The van der Waals surface area contributed by atoms with Gasteiger partial charge < -0.3 is 5.32 Å². The van der Waals surface area contributed by atoms with Crippen LogP contribution in [0.2, 0.25) is 0 Å². The van der Waals surface area contributed by atoms with Crippen molar-refractivity contribution in [2.45, 2.75) is 6.42 Å². The molecule has 2 amide bonds. The number of nitrogens with one attached hydrogen (secondary N) is 1. The standard InChI is InChI=1S/C15H15N3OS/c19-15(17-7-3-12-2-1-6-16-10-12)18-8-4-13-5-9-20-14(13)11-18/h1-2,4-6,9-11H,3,7-8H2,(H,17,19). The number of rotatable bonds is 3. The van der Waals surface area contributed by atoms with Crippen molar-refractivity contribution in [1.29, 1.82) is 0 Å². The molecule has 0 fully saturated rings. The van der Waals surface area contributed by atoms with Crippen molar-refractivity contribution in [2.75, 3.05) is 13.1 Å². The Kier molecular flexibility index (Phi) is 3.78. The lowest BCUT2D eigenvalue weighted by Crippen LogP contribution is -2.42. The minimum Gasteiger partial charge on any atom is -0.337 e. The second kappa shape index (κ2) is 5.88. The first kappa shape index (κ1) is 12.9. The van der Waals surface area contributed by atoms with Crippen molar-refractivity contribution in [1.82, 2.24) is 15.2 Å². The minimum absolute atomic E-state index is 0.0517. The zero-order valence-electron chi connectivity index (χ0n) is 11.0. The fraction of sp³-hybridized carbons (Fsp3) is 0.200. The number of amides is 2. The van der Waals surface area contributed by atoms with Crippen LogP contribution in [0.1, 0.15) is 5.56 Å². The number of hydrogen-bond acceptors (Lipinski definition) is 3. The molecule has 0 unspecified atom stereocenters. The Hall–Kier alpha value is -2.14. The molecule has 0 aliphatic carbocycles. The van der Waals surface area contributed by atoms with Crippen LogP contribution in [0.15, 0.2) is 36.0 Å². The molecular weight excluding hydrogens is 270 g/mol. The molecule has 4 nitrogen and oxygen atoms in total. The molecule has 5 heteroatoms. The highest BCUT2D eigenvalue weighted by Gasteiger charge is 2.11. The van der Waals surface area contributed by atoms with Gasteiger partial charge in [-0.3, -0.25) is 9.88 Å². The van der Waals surface area contributed by atoms with Crippen molar-refractivity contribution >= 4 is 29.6 Å². The molecular formula is C15H15N3OS. The molecule has 1 N–H and O–H groups in total. The van der Waals surface area contributed by atoms with Crippen LogP contribution in [0.25, 0.3) is 12.3 Å². The van der Waals surface area contributed by atoms with E-state index in [9.17, 15) is 4.79 Å². The molecule has 0 bridgehead atoms. The Morgan fingerprint density at radius 2 is 2.40 bits per heavy atom. The number of aromatic nitrogens is 1. The van der Waals surface area contributed by atoms with E-state index in [4.69, 9.17) is 0 Å². The number of thiophene rings is 1. The topological polar surface area (TPSA) is 45.2 Å². The molecule has 0 radical (unpaired) electrons. The van der Waals surface area contributed by atoms with Crippen molar-refractivity contribution in [2.24, 2.45) is 0 Å². The molecule has 20 heavy (non-hydrogen) atoms. The summed E-state index contributed by atoms with van der Waals surface area (Å²) in [6, 6.07) is 5.94. The summed E-state index contributed by atoms with van der Waals surface area (Å²) in [5.74, 6) is 0. The van der Waals surface area contributed by atoms with E-state index in [1.165, 1.54) is 5.22 Å². The van der Waals surface area contributed by atoms with Crippen molar-refractivity contribution < 1.29 is 4.79 Å². The average molecular weight is 285 g/mol. The van der Waals surface area contributed by atoms with Crippen LogP contribution >= 0.6 is 11.3 Å². The predicted molar refractivity (Wildman–Crippen MR) is 80.5 cm³/mol. The van der Waals surface area contributed by atoms with Gasteiger partial charge in [-0.25, -0.2) is 4.79 Å². The smallest absolute Gasteiger partial charge is 0.321 e. The second-order valence-electron chi connectivity index (χ2n) is 4.57. The highest BCUT2D eigenvalue weighted by Crippen LogP contribution is 1.99. The zero-order chi connectivity index (χ0) is 13.8. The van der Waals surface area contributed by atoms with Gasteiger partial charge in [-0.05, 0) is 34.7 Å². The first-order valence-corrected chi connectivity index (χ1v) is 7.40. The van der Waals surface area contributed by atoms with Gasteiger partial charge in [0.15, 0.2) is 0 Å². The summed E-state index contributed by atoms with van der Waals surface area (Å²) >= 11 is 1.65. The number of hydrogen-bond donors (Lipinski definition) is 1. The number of carbonyl (C=O) groups excluding carboxylic acids is 1. The Morgan fingerprint density at radius 3 is 3.25 bits per heavy atom. The molecule has 0 saturated heterocycles. The van der Waals surface area contributed by atoms with Gasteiger partial charge in [0.1, 0.15) is 0 Å². The van der Waals surface area contributed by atoms with E-state index in [1.807, 2.05) is 29.9 Å². The molecule has 0 atom stereocenters. The molecule has 102 valence electrons. The van der Waals surface area contributed by atoms with E-state index in [1.54, 1.807) is 22.4 Å². The van der Waals surface area contributed by atoms with Gasteiger partial charge in [0, 0.05) is 31.7 Å². The van der Waals surface area contributed by atoms with Crippen LogP contribution in [-0.4, -0.2) is 29.0 Å². The third-order valence-corrected chi connectivity index (χ3v) is 4.05. The number of nitrogens with zero attached hydrogens (tertiary/aromatic N) is 2. The number of urea groups is 1. The maximum absolute atomic E-state index is 12.1. The molecule has 0 aromatic carbocycles. The molecule has 2 aromatic rings. The number of pyridine rings is 1. The third kappa shape index (κ3) is 2.88. The first-order chi connectivity index (χ1) is 9.83. The highest BCUT2D eigenvalue weighted by atomic mass is 32.1. The largest absolute Gasteiger partial charge is 0.337 e.